The first-order valence-electron chi connectivity index (χ1n) is 14.2. The van der Waals surface area contributed by atoms with E-state index in [9.17, 15) is 0 Å². The molecule has 0 N–H and O–H groups in total. The van der Waals surface area contributed by atoms with E-state index in [0.29, 0.717) is 0 Å². The predicted octanol–water partition coefficient (Wildman–Crippen LogP) is 11.0. The summed E-state index contributed by atoms with van der Waals surface area (Å²) in [6.07, 6.45) is 4.57. The van der Waals surface area contributed by atoms with E-state index >= 15 is 0 Å². The number of hydrogen-bond donors (Lipinski definition) is 0. The molecule has 0 unspecified atom stereocenters. The minimum absolute atomic E-state index is 1.09. The lowest BCUT2D eigenvalue weighted by Gasteiger charge is -2.18. The van der Waals surface area contributed by atoms with Gasteiger partial charge in [0.05, 0.1) is 0 Å². The maximum atomic E-state index is 2.38. The van der Waals surface area contributed by atoms with E-state index in [4.69, 9.17) is 0 Å². The van der Waals surface area contributed by atoms with Crippen molar-refractivity contribution in [3.8, 4) is 22.3 Å². The average molecular weight is 509 g/mol. The summed E-state index contributed by atoms with van der Waals surface area (Å²) in [6, 6.07) is 51.3. The van der Waals surface area contributed by atoms with Crippen molar-refractivity contribution in [2.24, 2.45) is 0 Å². The Kier molecular flexibility index (Phi) is 5.38. The first-order valence-corrected chi connectivity index (χ1v) is 14.2. The van der Waals surface area contributed by atoms with Crippen LogP contribution in [0.2, 0.25) is 0 Å². The molecule has 0 radical (unpaired) electrons. The van der Waals surface area contributed by atoms with E-state index in [-0.39, 0.29) is 0 Å². The summed E-state index contributed by atoms with van der Waals surface area (Å²) in [4.78, 5) is 0. The summed E-state index contributed by atoms with van der Waals surface area (Å²) in [6.45, 7) is 0. The first kappa shape index (κ1) is 23.0. The van der Waals surface area contributed by atoms with E-state index < -0.39 is 0 Å². The third-order valence-electron chi connectivity index (χ3n) is 8.54. The van der Waals surface area contributed by atoms with Gasteiger partial charge < -0.3 is 0 Å². The quantitative estimate of drug-likeness (QED) is 0.208. The van der Waals surface area contributed by atoms with Gasteiger partial charge in [0.15, 0.2) is 0 Å². The van der Waals surface area contributed by atoms with Crippen LogP contribution in [0.5, 0.6) is 0 Å². The van der Waals surface area contributed by atoms with Crippen LogP contribution >= 0.6 is 0 Å². The summed E-state index contributed by atoms with van der Waals surface area (Å²) in [5.41, 5.74) is 10.7. The molecule has 1 aliphatic rings. The minimum atomic E-state index is 1.09. The van der Waals surface area contributed by atoms with Crippen molar-refractivity contribution in [2.45, 2.75) is 12.8 Å². The minimum Gasteiger partial charge on any atom is -0.0622 e. The normalized spacial score (nSPS) is 12.9. The Morgan fingerprint density at radius 3 is 1.57 bits per heavy atom. The largest absolute Gasteiger partial charge is 0.0622 e. The highest BCUT2D eigenvalue weighted by atomic mass is 14.2. The Morgan fingerprint density at radius 2 is 0.900 bits per heavy atom. The topological polar surface area (TPSA) is 0 Å². The van der Waals surface area contributed by atoms with Crippen molar-refractivity contribution in [3.05, 3.63) is 156 Å². The smallest absolute Gasteiger partial charge is 0.00262 e. The molecule has 0 aromatic heterocycles. The van der Waals surface area contributed by atoms with Gasteiger partial charge in [-0.2, -0.15) is 0 Å². The number of aryl methyl sites for hydroxylation is 1. The fourth-order valence-electron chi connectivity index (χ4n) is 6.62. The lowest BCUT2D eigenvalue weighted by atomic mass is 9.85. The van der Waals surface area contributed by atoms with Crippen LogP contribution in [0.15, 0.2) is 140 Å². The molecule has 0 atom stereocenters. The molecule has 0 amide bonds. The standard InChI is InChI=1S/C40H28/c1-2-11-28(12-3-1)39-35-14-6-8-16-37(35)40(38-17-9-7-15-36(38)39)34-23-22-32-25-31(20-21-33(32)26-34)30-19-18-27-10-4-5-13-29(27)24-30/h1-17,20-26H,18-19H2. The van der Waals surface area contributed by atoms with Crippen LogP contribution in [-0.4, -0.2) is 0 Å². The van der Waals surface area contributed by atoms with Crippen molar-refractivity contribution in [3.63, 3.8) is 0 Å². The average Bonchev–Trinajstić information content (AvgIpc) is 3.03. The number of benzene rings is 7. The number of fused-ring (bicyclic) bond motifs is 4. The van der Waals surface area contributed by atoms with Gasteiger partial charge in [0.2, 0.25) is 0 Å². The van der Waals surface area contributed by atoms with E-state index in [1.54, 1.807) is 0 Å². The van der Waals surface area contributed by atoms with E-state index in [1.165, 1.54) is 76.8 Å². The zero-order valence-electron chi connectivity index (χ0n) is 22.3. The second-order valence-corrected chi connectivity index (χ2v) is 10.9. The van der Waals surface area contributed by atoms with Crippen LogP contribution in [0.4, 0.5) is 0 Å². The molecule has 7 aromatic carbocycles. The van der Waals surface area contributed by atoms with Gasteiger partial charge in [0, 0.05) is 0 Å². The fourth-order valence-corrected chi connectivity index (χ4v) is 6.62. The summed E-state index contributed by atoms with van der Waals surface area (Å²) < 4.78 is 0. The molecule has 1 aliphatic carbocycles. The molecule has 7 aromatic rings. The molecule has 0 aliphatic heterocycles. The Labute approximate surface area is 234 Å². The lowest BCUT2D eigenvalue weighted by Crippen LogP contribution is -1.98. The first-order chi connectivity index (χ1) is 19.8. The summed E-state index contributed by atoms with van der Waals surface area (Å²) in [7, 11) is 0. The molecular weight excluding hydrogens is 480 g/mol. The monoisotopic (exact) mass is 508 g/mol. The van der Waals surface area contributed by atoms with Crippen molar-refractivity contribution in [1.82, 2.24) is 0 Å². The van der Waals surface area contributed by atoms with Crippen molar-refractivity contribution < 1.29 is 0 Å². The number of hydrogen-bond acceptors (Lipinski definition) is 0. The van der Waals surface area contributed by atoms with Crippen molar-refractivity contribution >= 4 is 44.0 Å². The van der Waals surface area contributed by atoms with Crippen LogP contribution in [0.25, 0.3) is 66.2 Å². The van der Waals surface area contributed by atoms with Crippen LogP contribution in [-0.2, 0) is 6.42 Å². The Balaban J connectivity index is 1.30. The van der Waals surface area contributed by atoms with Gasteiger partial charge in [-0.1, -0.05) is 133 Å². The number of allylic oxidation sites excluding steroid dienone is 1. The molecule has 0 saturated carbocycles. The third kappa shape index (κ3) is 3.76. The zero-order chi connectivity index (χ0) is 26.5. The predicted molar refractivity (Wildman–Crippen MR) is 172 cm³/mol. The number of rotatable bonds is 3. The van der Waals surface area contributed by atoms with Crippen molar-refractivity contribution in [2.75, 3.05) is 0 Å². The molecule has 0 saturated heterocycles. The van der Waals surface area contributed by atoms with Crippen LogP contribution in [0, 0.1) is 0 Å². The van der Waals surface area contributed by atoms with Gasteiger partial charge in [0.1, 0.15) is 0 Å². The van der Waals surface area contributed by atoms with Crippen molar-refractivity contribution in [1.29, 1.82) is 0 Å². The molecular formula is C40H28. The molecule has 0 bridgehead atoms. The molecule has 0 heteroatoms. The molecule has 8 rings (SSSR count). The zero-order valence-corrected chi connectivity index (χ0v) is 22.3. The van der Waals surface area contributed by atoms with Gasteiger partial charge in [-0.05, 0) is 102 Å². The van der Waals surface area contributed by atoms with Crippen LogP contribution < -0.4 is 0 Å². The second-order valence-electron chi connectivity index (χ2n) is 10.9. The second kappa shape index (κ2) is 9.36. The van der Waals surface area contributed by atoms with E-state index in [2.05, 4.69) is 146 Å². The van der Waals surface area contributed by atoms with E-state index in [0.717, 1.165) is 12.8 Å². The summed E-state index contributed by atoms with van der Waals surface area (Å²) in [5, 5.41) is 7.74. The Morgan fingerprint density at radius 1 is 0.375 bits per heavy atom. The van der Waals surface area contributed by atoms with Gasteiger partial charge >= 0.3 is 0 Å². The highest BCUT2D eigenvalue weighted by Gasteiger charge is 2.17. The fraction of sp³-hybridized carbons (Fsp3) is 0.0500. The maximum absolute atomic E-state index is 2.38. The van der Waals surface area contributed by atoms with E-state index in [1.807, 2.05) is 0 Å². The summed E-state index contributed by atoms with van der Waals surface area (Å²) >= 11 is 0. The molecule has 188 valence electrons. The highest BCUT2D eigenvalue weighted by molar-refractivity contribution is 6.21. The molecule has 40 heavy (non-hydrogen) atoms. The van der Waals surface area contributed by atoms with Gasteiger partial charge in [0.25, 0.3) is 0 Å². The van der Waals surface area contributed by atoms with Gasteiger partial charge in [-0.15, -0.1) is 0 Å². The van der Waals surface area contributed by atoms with Crippen LogP contribution in [0.1, 0.15) is 23.1 Å². The molecule has 0 heterocycles. The lowest BCUT2D eigenvalue weighted by molar-refractivity contribution is 1.00. The van der Waals surface area contributed by atoms with Gasteiger partial charge in [-0.25, -0.2) is 0 Å². The molecule has 0 nitrogen and oxygen atoms in total. The SMILES string of the molecule is C1=C(c2ccc3cc(-c4c5ccccc5c(-c5ccccc5)c5ccccc45)ccc3c2)CCc2ccccc21. The van der Waals surface area contributed by atoms with Gasteiger partial charge in [-0.3, -0.25) is 0 Å². The Hall–Kier alpha value is -4.94. The summed E-state index contributed by atoms with van der Waals surface area (Å²) in [5.74, 6) is 0. The molecule has 0 fully saturated rings. The Bertz CT molecular complexity index is 2040. The highest BCUT2D eigenvalue weighted by Crippen LogP contribution is 2.44. The third-order valence-corrected chi connectivity index (χ3v) is 8.54. The van der Waals surface area contributed by atoms with Crippen LogP contribution in [0.3, 0.4) is 0 Å². The maximum Gasteiger partial charge on any atom is -0.00262 e. The molecule has 0 spiro atoms.